The van der Waals surface area contributed by atoms with Gasteiger partial charge in [0.25, 0.3) is 0 Å². The van der Waals surface area contributed by atoms with Crippen LogP contribution in [0.2, 0.25) is 0 Å². The summed E-state index contributed by atoms with van der Waals surface area (Å²) in [6.45, 7) is 5.92. The minimum absolute atomic E-state index is 0.538. The van der Waals surface area contributed by atoms with E-state index in [1.165, 1.54) is 0 Å². The standard InChI is InChI=1S/C15H27N3O2S/c1-3-16-15(18-9-6-12-21-2)17-8-5-10-19-13-14-7-4-11-20-14/h4,7,11H,3,5-6,8-10,12-13H2,1-2H3,(H2,16,17,18). The van der Waals surface area contributed by atoms with Crippen molar-refractivity contribution in [3.05, 3.63) is 24.2 Å². The summed E-state index contributed by atoms with van der Waals surface area (Å²) >= 11 is 1.86. The highest BCUT2D eigenvalue weighted by molar-refractivity contribution is 7.98. The zero-order valence-electron chi connectivity index (χ0n) is 13.1. The molecule has 0 spiro atoms. The molecule has 5 nitrogen and oxygen atoms in total. The smallest absolute Gasteiger partial charge is 0.191 e. The van der Waals surface area contributed by atoms with E-state index in [0.29, 0.717) is 13.2 Å². The van der Waals surface area contributed by atoms with Crippen molar-refractivity contribution in [3.63, 3.8) is 0 Å². The van der Waals surface area contributed by atoms with Crippen LogP contribution in [-0.2, 0) is 11.3 Å². The van der Waals surface area contributed by atoms with Crippen LogP contribution in [0, 0.1) is 0 Å². The maximum atomic E-state index is 5.54. The first kappa shape index (κ1) is 17.9. The van der Waals surface area contributed by atoms with E-state index in [2.05, 4.69) is 28.8 Å². The lowest BCUT2D eigenvalue weighted by molar-refractivity contribution is 0.105. The molecule has 21 heavy (non-hydrogen) atoms. The molecule has 0 fully saturated rings. The van der Waals surface area contributed by atoms with Crippen LogP contribution < -0.4 is 10.6 Å². The Balaban J connectivity index is 2.06. The van der Waals surface area contributed by atoms with Gasteiger partial charge in [0.15, 0.2) is 5.96 Å². The van der Waals surface area contributed by atoms with Crippen LogP contribution in [0.5, 0.6) is 0 Å². The zero-order chi connectivity index (χ0) is 15.2. The molecule has 1 rings (SSSR count). The third-order valence-corrected chi connectivity index (χ3v) is 3.40. The number of rotatable bonds is 11. The second-order valence-corrected chi connectivity index (χ2v) is 5.50. The number of thioether (sulfide) groups is 1. The van der Waals surface area contributed by atoms with Gasteiger partial charge < -0.3 is 19.8 Å². The van der Waals surface area contributed by atoms with Crippen LogP contribution in [-0.4, -0.2) is 44.2 Å². The summed E-state index contributed by atoms with van der Waals surface area (Å²) in [5.41, 5.74) is 0. The number of aliphatic imine (C=N–C) groups is 1. The quantitative estimate of drug-likeness (QED) is 0.373. The molecule has 0 atom stereocenters. The fourth-order valence-corrected chi connectivity index (χ4v) is 2.11. The van der Waals surface area contributed by atoms with E-state index in [-0.39, 0.29) is 0 Å². The molecule has 0 saturated heterocycles. The average Bonchev–Trinajstić information content (AvgIpc) is 3.00. The zero-order valence-corrected chi connectivity index (χ0v) is 13.9. The van der Waals surface area contributed by atoms with E-state index < -0.39 is 0 Å². The van der Waals surface area contributed by atoms with Gasteiger partial charge in [-0.15, -0.1) is 0 Å². The molecular formula is C15H27N3O2S. The van der Waals surface area contributed by atoms with E-state index in [9.17, 15) is 0 Å². The van der Waals surface area contributed by atoms with E-state index in [0.717, 1.165) is 49.9 Å². The van der Waals surface area contributed by atoms with Crippen LogP contribution in [0.3, 0.4) is 0 Å². The van der Waals surface area contributed by atoms with Gasteiger partial charge in [0.1, 0.15) is 12.4 Å². The lowest BCUT2D eigenvalue weighted by Crippen LogP contribution is -2.38. The van der Waals surface area contributed by atoms with Crippen molar-refractivity contribution in [1.29, 1.82) is 0 Å². The number of nitrogens with zero attached hydrogens (tertiary/aromatic N) is 1. The Bertz CT molecular complexity index is 369. The Morgan fingerprint density at radius 3 is 3.00 bits per heavy atom. The van der Waals surface area contributed by atoms with Crippen molar-refractivity contribution < 1.29 is 9.15 Å². The SMILES string of the molecule is CCNC(=NCCCSC)NCCCOCc1ccco1. The maximum Gasteiger partial charge on any atom is 0.191 e. The van der Waals surface area contributed by atoms with Crippen molar-refractivity contribution in [2.75, 3.05) is 38.2 Å². The van der Waals surface area contributed by atoms with Crippen LogP contribution in [0.25, 0.3) is 0 Å². The number of furan rings is 1. The van der Waals surface area contributed by atoms with Crippen molar-refractivity contribution in [2.24, 2.45) is 4.99 Å². The van der Waals surface area contributed by atoms with E-state index in [1.54, 1.807) is 6.26 Å². The second kappa shape index (κ2) is 12.6. The highest BCUT2D eigenvalue weighted by Gasteiger charge is 1.98. The Morgan fingerprint density at radius 1 is 1.38 bits per heavy atom. The van der Waals surface area contributed by atoms with Gasteiger partial charge in [-0.3, -0.25) is 4.99 Å². The van der Waals surface area contributed by atoms with Crippen LogP contribution in [0.4, 0.5) is 0 Å². The maximum absolute atomic E-state index is 5.54. The van der Waals surface area contributed by atoms with Crippen molar-refractivity contribution >= 4 is 17.7 Å². The van der Waals surface area contributed by atoms with Gasteiger partial charge >= 0.3 is 0 Å². The summed E-state index contributed by atoms with van der Waals surface area (Å²) in [5.74, 6) is 2.92. The molecule has 1 heterocycles. The normalized spacial score (nSPS) is 11.6. The second-order valence-electron chi connectivity index (χ2n) is 4.52. The summed E-state index contributed by atoms with van der Waals surface area (Å²) in [6, 6.07) is 3.79. The van der Waals surface area contributed by atoms with Gasteiger partial charge in [0.05, 0.1) is 6.26 Å². The van der Waals surface area contributed by atoms with Crippen molar-refractivity contribution in [1.82, 2.24) is 10.6 Å². The summed E-state index contributed by atoms with van der Waals surface area (Å²) in [5, 5.41) is 6.57. The topological polar surface area (TPSA) is 58.8 Å². The number of hydrogen-bond acceptors (Lipinski definition) is 4. The Morgan fingerprint density at radius 2 is 2.29 bits per heavy atom. The molecule has 0 radical (unpaired) electrons. The van der Waals surface area contributed by atoms with Gasteiger partial charge in [-0.25, -0.2) is 0 Å². The van der Waals surface area contributed by atoms with E-state index in [4.69, 9.17) is 9.15 Å². The molecule has 0 aliphatic carbocycles. The van der Waals surface area contributed by atoms with Gasteiger partial charge in [-0.2, -0.15) is 11.8 Å². The Labute approximate surface area is 131 Å². The monoisotopic (exact) mass is 313 g/mol. The largest absolute Gasteiger partial charge is 0.467 e. The summed E-state index contributed by atoms with van der Waals surface area (Å²) < 4.78 is 10.7. The van der Waals surface area contributed by atoms with E-state index in [1.807, 2.05) is 23.9 Å². The van der Waals surface area contributed by atoms with Crippen LogP contribution in [0.15, 0.2) is 27.8 Å². The molecule has 2 N–H and O–H groups in total. The molecule has 0 aliphatic heterocycles. The lowest BCUT2D eigenvalue weighted by Gasteiger charge is -2.11. The molecule has 6 heteroatoms. The average molecular weight is 313 g/mol. The fraction of sp³-hybridized carbons (Fsp3) is 0.667. The number of guanidine groups is 1. The fourth-order valence-electron chi connectivity index (χ4n) is 1.69. The molecule has 120 valence electrons. The number of ether oxygens (including phenoxy) is 1. The molecule has 0 amide bonds. The molecule has 1 aromatic heterocycles. The lowest BCUT2D eigenvalue weighted by atomic mass is 10.4. The highest BCUT2D eigenvalue weighted by atomic mass is 32.2. The molecule has 0 aromatic carbocycles. The van der Waals surface area contributed by atoms with Crippen molar-refractivity contribution in [3.8, 4) is 0 Å². The first-order chi connectivity index (χ1) is 10.4. The minimum atomic E-state index is 0.538. The van der Waals surface area contributed by atoms with Gasteiger partial charge in [-0.1, -0.05) is 0 Å². The third kappa shape index (κ3) is 9.42. The number of nitrogens with one attached hydrogen (secondary N) is 2. The predicted molar refractivity (Wildman–Crippen MR) is 90.0 cm³/mol. The molecule has 0 aliphatic rings. The van der Waals surface area contributed by atoms with E-state index >= 15 is 0 Å². The third-order valence-electron chi connectivity index (χ3n) is 2.70. The first-order valence-electron chi connectivity index (χ1n) is 7.48. The Hall–Kier alpha value is -1.14. The van der Waals surface area contributed by atoms with Crippen LogP contribution >= 0.6 is 11.8 Å². The molecule has 0 bridgehead atoms. The van der Waals surface area contributed by atoms with Gasteiger partial charge in [0, 0.05) is 26.2 Å². The molecular weight excluding hydrogens is 286 g/mol. The summed E-state index contributed by atoms with van der Waals surface area (Å²) in [6.07, 6.45) is 5.84. The molecule has 0 unspecified atom stereocenters. The minimum Gasteiger partial charge on any atom is -0.467 e. The Kier molecular flexibility index (Phi) is 10.7. The molecule has 1 aromatic rings. The van der Waals surface area contributed by atoms with Gasteiger partial charge in [-0.05, 0) is 43.9 Å². The summed E-state index contributed by atoms with van der Waals surface area (Å²) in [7, 11) is 0. The summed E-state index contributed by atoms with van der Waals surface area (Å²) in [4.78, 5) is 4.53. The van der Waals surface area contributed by atoms with Gasteiger partial charge in [0.2, 0.25) is 0 Å². The first-order valence-corrected chi connectivity index (χ1v) is 8.87. The predicted octanol–water partition coefficient (Wildman–Crippen LogP) is 2.49. The van der Waals surface area contributed by atoms with Crippen molar-refractivity contribution in [2.45, 2.75) is 26.4 Å². The van der Waals surface area contributed by atoms with Crippen LogP contribution in [0.1, 0.15) is 25.5 Å². The highest BCUT2D eigenvalue weighted by Crippen LogP contribution is 2.01. The molecule has 0 saturated carbocycles. The number of hydrogen-bond donors (Lipinski definition) is 2.